The van der Waals surface area contributed by atoms with E-state index in [9.17, 15) is 34.8 Å². The molecule has 0 unspecified atom stereocenters. The van der Waals surface area contributed by atoms with Gasteiger partial charge in [-0.3, -0.25) is 14.4 Å². The van der Waals surface area contributed by atoms with Crippen molar-refractivity contribution in [2.45, 2.75) is 186 Å². The summed E-state index contributed by atoms with van der Waals surface area (Å²) in [5, 5.41) is 46.2. The maximum atomic E-state index is 14.1. The standard InChI is InChI=1S/C39H69NO14/c1-14-27-39(10,47)34(44)21(5)30(42)19(3)18-38(9,46)35(54-37-33(52-28(41)15-2)25(40(11)12)16-20(4)49-37)22(6)32(23(7)36(45)51-27)53-29-17-26(48-13)31(43)24(8)50-29/h19-27,29,31-35,37,43-44,46-47H,14-18H2,1-13H3/t19-,20-,21+,22+,23-,24+,25+,26+,27-,29-,31-,32+,33+,34-,35-,37-,38-,39-/m0/s1. The minimum absolute atomic E-state index is 0.109. The first kappa shape index (κ1) is 46.6. The molecule has 3 saturated heterocycles. The van der Waals surface area contributed by atoms with Crippen LogP contribution in [0.25, 0.3) is 0 Å². The summed E-state index contributed by atoms with van der Waals surface area (Å²) in [5.74, 6) is -5.55. The smallest absolute Gasteiger partial charge is 0.311 e. The monoisotopic (exact) mass is 775 g/mol. The van der Waals surface area contributed by atoms with Gasteiger partial charge in [-0.25, -0.2) is 0 Å². The molecule has 15 heteroatoms. The summed E-state index contributed by atoms with van der Waals surface area (Å²) >= 11 is 0. The van der Waals surface area contributed by atoms with Crippen LogP contribution in [0.2, 0.25) is 0 Å². The average molecular weight is 776 g/mol. The normalized spacial score (nSPS) is 46.1. The Morgan fingerprint density at radius 1 is 0.926 bits per heavy atom. The molecule has 54 heavy (non-hydrogen) atoms. The number of aliphatic hydroxyl groups excluding tert-OH is 2. The van der Waals surface area contributed by atoms with Gasteiger partial charge in [-0.05, 0) is 68.0 Å². The van der Waals surface area contributed by atoms with Gasteiger partial charge in [0.05, 0.1) is 54.2 Å². The number of nitrogens with zero attached hydrogens (tertiary/aromatic N) is 1. The Hall–Kier alpha value is -1.79. The molecule has 3 fully saturated rings. The zero-order valence-corrected chi connectivity index (χ0v) is 34.6. The van der Waals surface area contributed by atoms with Crippen molar-refractivity contribution in [2.24, 2.45) is 23.7 Å². The number of carbonyl (C=O) groups is 3. The molecular formula is C39H69NO14. The van der Waals surface area contributed by atoms with Crippen LogP contribution in [-0.4, -0.2) is 149 Å². The summed E-state index contributed by atoms with van der Waals surface area (Å²) < 4.78 is 43.2. The number of aliphatic hydroxyl groups is 4. The fraction of sp³-hybridized carbons (Fsp3) is 0.923. The Kier molecular flexibility index (Phi) is 16.5. The molecule has 3 rings (SSSR count). The fourth-order valence-corrected chi connectivity index (χ4v) is 8.49. The van der Waals surface area contributed by atoms with Gasteiger partial charge in [0, 0.05) is 37.7 Å². The maximum absolute atomic E-state index is 14.1. The topological polar surface area (TPSA) is 200 Å². The van der Waals surface area contributed by atoms with E-state index in [4.69, 9.17) is 33.2 Å². The maximum Gasteiger partial charge on any atom is 0.311 e. The van der Waals surface area contributed by atoms with Crippen LogP contribution in [0.1, 0.15) is 101 Å². The van der Waals surface area contributed by atoms with E-state index in [0.717, 1.165) is 0 Å². The Bertz CT molecular complexity index is 1250. The minimum Gasteiger partial charge on any atom is -0.459 e. The largest absolute Gasteiger partial charge is 0.459 e. The highest BCUT2D eigenvalue weighted by Gasteiger charge is 2.53. The lowest BCUT2D eigenvalue weighted by atomic mass is 9.74. The third-order valence-electron chi connectivity index (χ3n) is 11.8. The number of ketones is 1. The zero-order valence-electron chi connectivity index (χ0n) is 34.6. The highest BCUT2D eigenvalue weighted by atomic mass is 16.7. The Balaban J connectivity index is 2.22. The second-order valence-electron chi connectivity index (χ2n) is 16.6. The van der Waals surface area contributed by atoms with Crippen LogP contribution in [-0.2, 0) is 47.5 Å². The SMILES string of the molecule is CCC(=O)O[C@H]1[C@H](O[C@H]2[C@H](C)[C@@H](O[C@H]3C[C@@H](OC)[C@@H](O)[C@@H](C)O3)[C@H](C)C(=O)O[C@@H](CC)[C@](C)(O)[C@@H](O)[C@H](C)C(=O)[C@@H](C)C[C@]2(C)O)O[C@@H](C)C[C@H]1N(C)C. The van der Waals surface area contributed by atoms with E-state index in [1.54, 1.807) is 41.5 Å². The summed E-state index contributed by atoms with van der Waals surface area (Å²) in [6, 6.07) is -0.315. The minimum atomic E-state index is -2.01. The molecule has 15 nitrogen and oxygen atoms in total. The number of likely N-dealkylation sites (N-methyl/N-ethyl adjacent to an activating group) is 1. The van der Waals surface area contributed by atoms with E-state index in [1.807, 2.05) is 25.9 Å². The Labute approximate surface area is 321 Å². The van der Waals surface area contributed by atoms with Crippen molar-refractivity contribution in [2.75, 3.05) is 21.2 Å². The number of Topliss-reactive ketones (excluding diaryl/α,β-unsaturated/α-hetero) is 1. The summed E-state index contributed by atoms with van der Waals surface area (Å²) in [7, 11) is 5.20. The molecule has 314 valence electrons. The molecule has 0 aromatic carbocycles. The van der Waals surface area contributed by atoms with Crippen LogP contribution >= 0.6 is 0 Å². The lowest BCUT2D eigenvalue weighted by Gasteiger charge is -2.48. The first-order valence-corrected chi connectivity index (χ1v) is 19.6. The molecule has 0 saturated carbocycles. The van der Waals surface area contributed by atoms with Crippen molar-refractivity contribution in [3.05, 3.63) is 0 Å². The summed E-state index contributed by atoms with van der Waals surface area (Å²) in [6.45, 7) is 16.3. The summed E-state index contributed by atoms with van der Waals surface area (Å²) in [4.78, 5) is 42.8. The van der Waals surface area contributed by atoms with Crippen LogP contribution in [0, 0.1) is 23.7 Å². The third-order valence-corrected chi connectivity index (χ3v) is 11.8. The van der Waals surface area contributed by atoms with Gasteiger partial charge in [0.1, 0.15) is 23.6 Å². The molecular weight excluding hydrogens is 706 g/mol. The highest BCUT2D eigenvalue weighted by Crippen LogP contribution is 2.40. The number of esters is 2. The van der Waals surface area contributed by atoms with Gasteiger partial charge in [0.2, 0.25) is 0 Å². The number of ether oxygens (including phenoxy) is 7. The molecule has 3 aliphatic heterocycles. The Morgan fingerprint density at radius 2 is 1.56 bits per heavy atom. The quantitative estimate of drug-likeness (QED) is 0.249. The van der Waals surface area contributed by atoms with Crippen LogP contribution in [0.3, 0.4) is 0 Å². The van der Waals surface area contributed by atoms with Crippen LogP contribution in [0.4, 0.5) is 0 Å². The average Bonchev–Trinajstić information content (AvgIpc) is 3.11. The number of hydrogen-bond acceptors (Lipinski definition) is 15. The highest BCUT2D eigenvalue weighted by molar-refractivity contribution is 5.83. The summed E-state index contributed by atoms with van der Waals surface area (Å²) in [5.41, 5.74) is -3.84. The van der Waals surface area contributed by atoms with Gasteiger partial charge in [-0.1, -0.05) is 34.6 Å². The number of methoxy groups -OCH3 is 1. The molecule has 0 bridgehead atoms. The van der Waals surface area contributed by atoms with E-state index in [2.05, 4.69) is 0 Å². The fourth-order valence-electron chi connectivity index (χ4n) is 8.49. The van der Waals surface area contributed by atoms with Crippen molar-refractivity contribution >= 4 is 17.7 Å². The first-order chi connectivity index (χ1) is 25.0. The molecule has 18 atom stereocenters. The molecule has 0 radical (unpaired) electrons. The van der Waals surface area contributed by atoms with Crippen molar-refractivity contribution < 1.29 is 68.0 Å². The lowest BCUT2D eigenvalue weighted by Crippen LogP contribution is -2.61. The van der Waals surface area contributed by atoms with Crippen molar-refractivity contribution in [3.8, 4) is 0 Å². The van der Waals surface area contributed by atoms with Crippen molar-refractivity contribution in [3.63, 3.8) is 0 Å². The van der Waals surface area contributed by atoms with Gasteiger partial charge in [-0.2, -0.15) is 0 Å². The second-order valence-corrected chi connectivity index (χ2v) is 16.6. The number of hydrogen-bond donors (Lipinski definition) is 4. The predicted octanol–water partition coefficient (Wildman–Crippen LogP) is 2.36. The molecule has 0 aromatic heterocycles. The first-order valence-electron chi connectivity index (χ1n) is 19.6. The van der Waals surface area contributed by atoms with Gasteiger partial charge >= 0.3 is 11.9 Å². The number of cyclic esters (lactones) is 1. The molecule has 0 aromatic rings. The van der Waals surface area contributed by atoms with E-state index >= 15 is 0 Å². The second kappa shape index (κ2) is 19.1. The predicted molar refractivity (Wildman–Crippen MR) is 196 cm³/mol. The molecule has 0 amide bonds. The third kappa shape index (κ3) is 10.6. The molecule has 0 spiro atoms. The van der Waals surface area contributed by atoms with Crippen molar-refractivity contribution in [1.82, 2.24) is 4.90 Å². The van der Waals surface area contributed by atoms with Crippen molar-refractivity contribution in [1.29, 1.82) is 0 Å². The molecule has 3 heterocycles. The van der Waals surface area contributed by atoms with E-state index < -0.39 is 114 Å². The van der Waals surface area contributed by atoms with Gasteiger partial charge in [0.15, 0.2) is 18.7 Å². The van der Waals surface area contributed by atoms with E-state index in [0.29, 0.717) is 6.42 Å². The van der Waals surface area contributed by atoms with E-state index in [1.165, 1.54) is 27.9 Å². The molecule has 0 aliphatic carbocycles. The lowest BCUT2D eigenvalue weighted by molar-refractivity contribution is -0.313. The molecule has 3 aliphatic rings. The van der Waals surface area contributed by atoms with Crippen LogP contribution in [0.15, 0.2) is 0 Å². The number of carbonyl (C=O) groups excluding carboxylic acids is 3. The van der Waals surface area contributed by atoms with Gasteiger partial charge in [0.25, 0.3) is 0 Å². The Morgan fingerprint density at radius 3 is 2.11 bits per heavy atom. The summed E-state index contributed by atoms with van der Waals surface area (Å²) in [6.07, 6.45) is -10.1. The van der Waals surface area contributed by atoms with Crippen LogP contribution < -0.4 is 0 Å². The van der Waals surface area contributed by atoms with Crippen LogP contribution in [0.5, 0.6) is 0 Å². The van der Waals surface area contributed by atoms with E-state index in [-0.39, 0.29) is 37.8 Å². The van der Waals surface area contributed by atoms with Gasteiger partial charge < -0.3 is 58.5 Å². The zero-order chi connectivity index (χ0) is 41.0. The number of rotatable bonds is 9. The van der Waals surface area contributed by atoms with Gasteiger partial charge in [-0.15, -0.1) is 0 Å². The molecule has 4 N–H and O–H groups in total.